The minimum atomic E-state index is -3.45. The number of rotatable bonds is 8. The van der Waals surface area contributed by atoms with Crippen LogP contribution in [-0.4, -0.2) is 37.3 Å². The van der Waals surface area contributed by atoms with E-state index in [2.05, 4.69) is 6.92 Å². The van der Waals surface area contributed by atoms with Gasteiger partial charge in [0, 0.05) is 6.42 Å². The van der Waals surface area contributed by atoms with Crippen molar-refractivity contribution >= 4 is 0 Å². The standard InChI is InChI=1S/C10H22O5/c1-2-3-4-5-6-7-8-9(11,12)10(13,14)15/h11-15H,2-8H2,1H3. The molecule has 0 bridgehead atoms. The minimum Gasteiger partial charge on any atom is -0.359 e. The van der Waals surface area contributed by atoms with Gasteiger partial charge in [0.1, 0.15) is 0 Å². The molecule has 0 amide bonds. The molecule has 5 heteroatoms. The lowest BCUT2D eigenvalue weighted by atomic mass is 10.0. The molecule has 0 radical (unpaired) electrons. The smallest absolute Gasteiger partial charge is 0.332 e. The van der Waals surface area contributed by atoms with Gasteiger partial charge >= 0.3 is 5.97 Å². The van der Waals surface area contributed by atoms with Crippen LogP contribution in [0.2, 0.25) is 0 Å². The molecular formula is C10H22O5. The minimum absolute atomic E-state index is 0.261. The number of hydrogen-bond donors (Lipinski definition) is 5. The summed E-state index contributed by atoms with van der Waals surface area (Å²) in [5.41, 5.74) is 0. The van der Waals surface area contributed by atoms with Crippen molar-refractivity contribution in [3.8, 4) is 0 Å². The molecule has 0 aliphatic rings. The van der Waals surface area contributed by atoms with Crippen molar-refractivity contribution < 1.29 is 25.5 Å². The Balaban J connectivity index is 3.58. The van der Waals surface area contributed by atoms with Crippen LogP contribution in [0.15, 0.2) is 0 Å². The highest BCUT2D eigenvalue weighted by atomic mass is 16.7. The fourth-order valence-corrected chi connectivity index (χ4v) is 1.32. The van der Waals surface area contributed by atoms with E-state index in [1.807, 2.05) is 0 Å². The van der Waals surface area contributed by atoms with Gasteiger partial charge in [-0.05, 0) is 6.42 Å². The molecule has 92 valence electrons. The Labute approximate surface area is 90.0 Å². The maximum absolute atomic E-state index is 9.06. The number of hydrogen-bond acceptors (Lipinski definition) is 5. The monoisotopic (exact) mass is 222 g/mol. The summed E-state index contributed by atoms with van der Waals surface area (Å²) in [4.78, 5) is 0. The Morgan fingerprint density at radius 3 is 1.67 bits per heavy atom. The van der Waals surface area contributed by atoms with E-state index in [1.165, 1.54) is 0 Å². The molecular weight excluding hydrogens is 200 g/mol. The second-order valence-electron chi connectivity index (χ2n) is 3.97. The van der Waals surface area contributed by atoms with Gasteiger partial charge in [-0.25, -0.2) is 0 Å². The Hall–Kier alpha value is -0.200. The van der Waals surface area contributed by atoms with Crippen LogP contribution < -0.4 is 0 Å². The highest BCUT2D eigenvalue weighted by Crippen LogP contribution is 2.21. The maximum Gasteiger partial charge on any atom is 0.332 e. The second-order valence-corrected chi connectivity index (χ2v) is 3.97. The number of aliphatic hydroxyl groups is 5. The average Bonchev–Trinajstić information content (AvgIpc) is 2.09. The predicted octanol–water partition coefficient (Wildman–Crippen LogP) is 0.0486. The van der Waals surface area contributed by atoms with Crippen molar-refractivity contribution in [1.82, 2.24) is 0 Å². The quantitative estimate of drug-likeness (QED) is 0.295. The zero-order chi connectivity index (χ0) is 11.9. The molecule has 0 aliphatic carbocycles. The third kappa shape index (κ3) is 6.06. The first-order valence-corrected chi connectivity index (χ1v) is 5.43. The van der Waals surface area contributed by atoms with Gasteiger partial charge in [-0.1, -0.05) is 39.0 Å². The first-order chi connectivity index (χ1) is 6.81. The van der Waals surface area contributed by atoms with E-state index in [0.29, 0.717) is 6.42 Å². The topological polar surface area (TPSA) is 101 Å². The molecule has 0 aliphatic heterocycles. The van der Waals surface area contributed by atoms with Crippen molar-refractivity contribution in [2.75, 3.05) is 0 Å². The SMILES string of the molecule is CCCCCCCCC(O)(O)C(O)(O)O. The molecule has 0 saturated heterocycles. The summed E-state index contributed by atoms with van der Waals surface area (Å²) in [6.07, 6.45) is 5.29. The third-order valence-corrected chi connectivity index (χ3v) is 2.42. The predicted molar refractivity (Wildman–Crippen MR) is 54.5 cm³/mol. The molecule has 0 spiro atoms. The van der Waals surface area contributed by atoms with E-state index >= 15 is 0 Å². The van der Waals surface area contributed by atoms with Gasteiger partial charge in [-0.3, -0.25) is 0 Å². The van der Waals surface area contributed by atoms with Crippen LogP contribution in [0.3, 0.4) is 0 Å². The summed E-state index contributed by atoms with van der Waals surface area (Å²) in [6, 6.07) is 0. The van der Waals surface area contributed by atoms with Crippen molar-refractivity contribution in [1.29, 1.82) is 0 Å². The van der Waals surface area contributed by atoms with E-state index < -0.39 is 11.8 Å². The molecule has 0 unspecified atom stereocenters. The lowest BCUT2D eigenvalue weighted by Gasteiger charge is -2.29. The van der Waals surface area contributed by atoms with Gasteiger partial charge in [-0.15, -0.1) is 0 Å². The molecule has 0 fully saturated rings. The van der Waals surface area contributed by atoms with E-state index in [9.17, 15) is 0 Å². The first-order valence-electron chi connectivity index (χ1n) is 5.43. The summed E-state index contributed by atoms with van der Waals surface area (Å²) in [6.45, 7) is 2.10. The van der Waals surface area contributed by atoms with Crippen LogP contribution in [0.4, 0.5) is 0 Å². The van der Waals surface area contributed by atoms with Crippen molar-refractivity contribution in [3.05, 3.63) is 0 Å². The molecule has 15 heavy (non-hydrogen) atoms. The van der Waals surface area contributed by atoms with Crippen LogP contribution in [0.1, 0.15) is 51.9 Å². The molecule has 5 nitrogen and oxygen atoms in total. The summed E-state index contributed by atoms with van der Waals surface area (Å²) >= 11 is 0. The summed E-state index contributed by atoms with van der Waals surface area (Å²) in [7, 11) is 0. The zero-order valence-corrected chi connectivity index (χ0v) is 9.19. The fraction of sp³-hybridized carbons (Fsp3) is 1.00. The van der Waals surface area contributed by atoms with Crippen LogP contribution in [0, 0.1) is 0 Å². The summed E-state index contributed by atoms with van der Waals surface area (Å²) < 4.78 is 0. The Morgan fingerprint density at radius 1 is 0.733 bits per heavy atom. The van der Waals surface area contributed by atoms with Gasteiger partial charge in [0.05, 0.1) is 0 Å². The van der Waals surface area contributed by atoms with Gasteiger partial charge < -0.3 is 25.5 Å². The molecule has 5 N–H and O–H groups in total. The van der Waals surface area contributed by atoms with Crippen LogP contribution in [0.25, 0.3) is 0 Å². The zero-order valence-electron chi connectivity index (χ0n) is 9.19. The van der Waals surface area contributed by atoms with Crippen molar-refractivity contribution in [2.24, 2.45) is 0 Å². The highest BCUT2D eigenvalue weighted by Gasteiger charge is 2.45. The maximum atomic E-state index is 9.06. The molecule has 0 aromatic carbocycles. The molecule has 0 atom stereocenters. The van der Waals surface area contributed by atoms with Crippen molar-refractivity contribution in [2.45, 2.75) is 63.6 Å². The molecule has 0 heterocycles. The Kier molecular flexibility index (Phi) is 6.31. The van der Waals surface area contributed by atoms with Gasteiger partial charge in [0.2, 0.25) is 5.79 Å². The van der Waals surface area contributed by atoms with Crippen LogP contribution >= 0.6 is 0 Å². The first kappa shape index (κ1) is 14.8. The molecule has 0 aromatic heterocycles. The van der Waals surface area contributed by atoms with E-state index in [-0.39, 0.29) is 6.42 Å². The Bertz CT molecular complexity index is 162. The van der Waals surface area contributed by atoms with E-state index in [4.69, 9.17) is 25.5 Å². The van der Waals surface area contributed by atoms with Gasteiger partial charge in [0.15, 0.2) is 0 Å². The lowest BCUT2D eigenvalue weighted by molar-refractivity contribution is -0.447. The summed E-state index contributed by atoms with van der Waals surface area (Å²) in [5.74, 6) is -6.30. The van der Waals surface area contributed by atoms with Gasteiger partial charge in [-0.2, -0.15) is 0 Å². The van der Waals surface area contributed by atoms with Crippen molar-refractivity contribution in [3.63, 3.8) is 0 Å². The van der Waals surface area contributed by atoms with Crippen LogP contribution in [0.5, 0.6) is 0 Å². The van der Waals surface area contributed by atoms with E-state index in [1.54, 1.807) is 0 Å². The normalized spacial score (nSPS) is 13.2. The van der Waals surface area contributed by atoms with Crippen LogP contribution in [-0.2, 0) is 0 Å². The lowest BCUT2D eigenvalue weighted by Crippen LogP contribution is -2.54. The third-order valence-electron chi connectivity index (χ3n) is 2.42. The molecule has 0 saturated carbocycles. The van der Waals surface area contributed by atoms with Gasteiger partial charge in [0.25, 0.3) is 0 Å². The number of unbranched alkanes of at least 4 members (excludes halogenated alkanes) is 5. The largest absolute Gasteiger partial charge is 0.359 e. The Morgan fingerprint density at radius 2 is 1.20 bits per heavy atom. The molecule has 0 aromatic rings. The molecule has 0 rings (SSSR count). The summed E-state index contributed by atoms with van der Waals surface area (Å²) in [5, 5.41) is 43.9. The second kappa shape index (κ2) is 6.40. The van der Waals surface area contributed by atoms with E-state index in [0.717, 1.165) is 32.1 Å². The average molecular weight is 222 g/mol. The highest BCUT2D eigenvalue weighted by molar-refractivity contribution is 4.72. The fourth-order valence-electron chi connectivity index (χ4n) is 1.32.